The fourth-order valence-electron chi connectivity index (χ4n) is 2.58. The van der Waals surface area contributed by atoms with E-state index in [-0.39, 0.29) is 17.9 Å². The first-order chi connectivity index (χ1) is 9.19. The van der Waals surface area contributed by atoms with Crippen LogP contribution in [0.4, 0.5) is 0 Å². The van der Waals surface area contributed by atoms with Gasteiger partial charge in [0, 0.05) is 19.1 Å². The normalized spacial score (nSPS) is 21.8. The van der Waals surface area contributed by atoms with Gasteiger partial charge in [0.25, 0.3) is 0 Å². The van der Waals surface area contributed by atoms with E-state index in [1.54, 1.807) is 0 Å². The van der Waals surface area contributed by atoms with E-state index >= 15 is 0 Å². The van der Waals surface area contributed by atoms with Crippen molar-refractivity contribution in [3.8, 4) is 0 Å². The van der Waals surface area contributed by atoms with Gasteiger partial charge in [-0.15, -0.1) is 0 Å². The second-order valence-corrected chi connectivity index (χ2v) is 5.63. The summed E-state index contributed by atoms with van der Waals surface area (Å²) in [5.74, 6) is 0.314. The second kappa shape index (κ2) is 9.13. The van der Waals surface area contributed by atoms with Gasteiger partial charge >= 0.3 is 0 Å². The Labute approximate surface area is 118 Å². The second-order valence-electron chi connectivity index (χ2n) is 5.63. The largest absolute Gasteiger partial charge is 0.342 e. The van der Waals surface area contributed by atoms with E-state index < -0.39 is 0 Å². The molecule has 1 amide bonds. The van der Waals surface area contributed by atoms with Crippen molar-refractivity contribution in [3.05, 3.63) is 12.2 Å². The fourth-order valence-corrected chi connectivity index (χ4v) is 2.58. The van der Waals surface area contributed by atoms with Gasteiger partial charge in [0.2, 0.25) is 5.91 Å². The van der Waals surface area contributed by atoms with Gasteiger partial charge in [-0.2, -0.15) is 0 Å². The van der Waals surface area contributed by atoms with Crippen molar-refractivity contribution < 1.29 is 4.79 Å². The Kier molecular flexibility index (Phi) is 7.80. The summed E-state index contributed by atoms with van der Waals surface area (Å²) in [5.41, 5.74) is 5.85. The van der Waals surface area contributed by atoms with Gasteiger partial charge in [0.15, 0.2) is 0 Å². The van der Waals surface area contributed by atoms with Crippen molar-refractivity contribution in [1.82, 2.24) is 4.90 Å². The van der Waals surface area contributed by atoms with Crippen LogP contribution in [-0.2, 0) is 4.79 Å². The van der Waals surface area contributed by atoms with Crippen molar-refractivity contribution in [2.45, 2.75) is 64.8 Å². The van der Waals surface area contributed by atoms with Crippen LogP contribution in [0.5, 0.6) is 0 Å². The zero-order valence-corrected chi connectivity index (χ0v) is 12.6. The van der Waals surface area contributed by atoms with Crippen LogP contribution in [0.2, 0.25) is 0 Å². The number of nitrogens with two attached hydrogens (primary N) is 1. The van der Waals surface area contributed by atoms with E-state index in [0.29, 0.717) is 0 Å². The lowest BCUT2D eigenvalue weighted by Gasteiger charge is -2.25. The highest BCUT2D eigenvalue weighted by molar-refractivity contribution is 5.81. The minimum atomic E-state index is 0.0262. The fraction of sp³-hybridized carbons (Fsp3) is 0.812. The van der Waals surface area contributed by atoms with Crippen molar-refractivity contribution in [2.24, 2.45) is 11.7 Å². The van der Waals surface area contributed by atoms with Crippen LogP contribution >= 0.6 is 0 Å². The van der Waals surface area contributed by atoms with Gasteiger partial charge in [0.05, 0.1) is 5.92 Å². The Morgan fingerprint density at radius 1 is 1.11 bits per heavy atom. The molecule has 0 fully saturated rings. The highest BCUT2D eigenvalue weighted by Gasteiger charge is 2.26. The molecule has 1 rings (SSSR count). The maximum absolute atomic E-state index is 12.5. The van der Waals surface area contributed by atoms with Gasteiger partial charge < -0.3 is 10.6 Å². The molecule has 0 aromatic heterocycles. The third kappa shape index (κ3) is 5.77. The first kappa shape index (κ1) is 16.2. The Morgan fingerprint density at radius 3 is 2.11 bits per heavy atom. The van der Waals surface area contributed by atoms with Gasteiger partial charge in [0.1, 0.15) is 0 Å². The van der Waals surface area contributed by atoms with Crippen LogP contribution < -0.4 is 5.73 Å². The number of carbonyl (C=O) groups is 1. The van der Waals surface area contributed by atoms with E-state index in [0.717, 1.165) is 32.4 Å². The average Bonchev–Trinajstić information content (AvgIpc) is 2.83. The molecular weight excluding hydrogens is 236 g/mol. The van der Waals surface area contributed by atoms with Crippen LogP contribution in [0.3, 0.4) is 0 Å². The van der Waals surface area contributed by atoms with E-state index in [1.807, 2.05) is 12.2 Å². The summed E-state index contributed by atoms with van der Waals surface area (Å²) < 4.78 is 0. The zero-order chi connectivity index (χ0) is 14.1. The SMILES string of the molecule is CCCCCN(CCCCC)C(=O)C1C=CC(N)C1. The number of carbonyl (C=O) groups excluding carboxylic acids is 1. The molecule has 1 aliphatic rings. The van der Waals surface area contributed by atoms with Crippen LogP contribution in [0.25, 0.3) is 0 Å². The molecule has 0 radical (unpaired) electrons. The topological polar surface area (TPSA) is 46.3 Å². The minimum absolute atomic E-state index is 0.0262. The molecule has 2 N–H and O–H groups in total. The standard InChI is InChI=1S/C16H30N2O/c1-3-5-7-11-18(12-8-6-4-2)16(19)14-9-10-15(17)13-14/h9-10,14-15H,3-8,11-13,17H2,1-2H3. The Bertz CT molecular complexity index is 278. The molecule has 110 valence electrons. The molecule has 3 nitrogen and oxygen atoms in total. The molecule has 1 aliphatic carbocycles. The van der Waals surface area contributed by atoms with Crippen LogP contribution in [0.15, 0.2) is 12.2 Å². The van der Waals surface area contributed by atoms with Crippen molar-refractivity contribution in [1.29, 1.82) is 0 Å². The first-order valence-corrected chi connectivity index (χ1v) is 7.91. The lowest BCUT2D eigenvalue weighted by atomic mass is 10.1. The molecule has 2 unspecified atom stereocenters. The Morgan fingerprint density at radius 2 is 1.68 bits per heavy atom. The summed E-state index contributed by atoms with van der Waals surface area (Å²) in [6.45, 7) is 6.22. The zero-order valence-electron chi connectivity index (χ0n) is 12.6. The van der Waals surface area contributed by atoms with E-state index in [2.05, 4.69) is 18.7 Å². The lowest BCUT2D eigenvalue weighted by Crippen LogP contribution is -2.37. The number of hydrogen-bond acceptors (Lipinski definition) is 2. The van der Waals surface area contributed by atoms with E-state index in [4.69, 9.17) is 5.73 Å². The van der Waals surface area contributed by atoms with Crippen LogP contribution in [0, 0.1) is 5.92 Å². The predicted octanol–water partition coefficient (Wildman–Crippen LogP) is 3.10. The van der Waals surface area contributed by atoms with Crippen LogP contribution in [-0.4, -0.2) is 29.9 Å². The molecule has 0 saturated heterocycles. The summed E-state index contributed by atoms with van der Waals surface area (Å²) in [6, 6.07) is 0.0714. The van der Waals surface area contributed by atoms with E-state index in [1.165, 1.54) is 25.7 Å². The van der Waals surface area contributed by atoms with Gasteiger partial charge in [-0.05, 0) is 19.3 Å². The minimum Gasteiger partial charge on any atom is -0.342 e. The maximum Gasteiger partial charge on any atom is 0.229 e. The maximum atomic E-state index is 12.5. The Balaban J connectivity index is 2.45. The third-order valence-electron chi connectivity index (χ3n) is 3.81. The average molecular weight is 266 g/mol. The number of rotatable bonds is 9. The molecule has 0 aromatic carbocycles. The quantitative estimate of drug-likeness (QED) is 0.515. The molecule has 0 spiro atoms. The monoisotopic (exact) mass is 266 g/mol. The molecule has 0 bridgehead atoms. The van der Waals surface area contributed by atoms with Crippen molar-refractivity contribution >= 4 is 5.91 Å². The van der Waals surface area contributed by atoms with Crippen molar-refractivity contribution in [2.75, 3.05) is 13.1 Å². The number of amides is 1. The number of nitrogens with zero attached hydrogens (tertiary/aromatic N) is 1. The molecule has 0 aliphatic heterocycles. The number of unbranched alkanes of at least 4 members (excludes halogenated alkanes) is 4. The summed E-state index contributed by atoms with van der Waals surface area (Å²) in [7, 11) is 0. The molecule has 2 atom stereocenters. The smallest absolute Gasteiger partial charge is 0.229 e. The first-order valence-electron chi connectivity index (χ1n) is 7.91. The molecule has 0 saturated carbocycles. The van der Waals surface area contributed by atoms with Crippen LogP contribution in [0.1, 0.15) is 58.8 Å². The Hall–Kier alpha value is -0.830. The molecular formula is C16H30N2O. The molecule has 0 aromatic rings. The van der Waals surface area contributed by atoms with Gasteiger partial charge in [-0.1, -0.05) is 51.7 Å². The lowest BCUT2D eigenvalue weighted by molar-refractivity contribution is -0.134. The summed E-state index contributed by atoms with van der Waals surface area (Å²) in [4.78, 5) is 14.6. The van der Waals surface area contributed by atoms with Crippen molar-refractivity contribution in [3.63, 3.8) is 0 Å². The molecule has 0 heterocycles. The summed E-state index contributed by atoms with van der Waals surface area (Å²) >= 11 is 0. The highest BCUT2D eigenvalue weighted by Crippen LogP contribution is 2.20. The van der Waals surface area contributed by atoms with E-state index in [9.17, 15) is 4.79 Å². The molecule has 3 heteroatoms. The number of hydrogen-bond donors (Lipinski definition) is 1. The predicted molar refractivity (Wildman–Crippen MR) is 80.9 cm³/mol. The summed E-state index contributed by atoms with van der Waals surface area (Å²) in [5, 5.41) is 0. The highest BCUT2D eigenvalue weighted by atomic mass is 16.2. The third-order valence-corrected chi connectivity index (χ3v) is 3.81. The van der Waals surface area contributed by atoms with Gasteiger partial charge in [-0.3, -0.25) is 4.79 Å². The van der Waals surface area contributed by atoms with Gasteiger partial charge in [-0.25, -0.2) is 0 Å². The molecule has 19 heavy (non-hydrogen) atoms. The summed E-state index contributed by atoms with van der Waals surface area (Å²) in [6.07, 6.45) is 11.8.